The summed E-state index contributed by atoms with van der Waals surface area (Å²) in [7, 11) is 1.67. The van der Waals surface area contributed by atoms with Gasteiger partial charge in [-0.05, 0) is 52.9 Å². The number of nitroso groups, excluding NO2 is 1. The number of ether oxygens (including phenoxy) is 1. The fourth-order valence-electron chi connectivity index (χ4n) is 3.65. The number of methoxy groups -OCH3 is 1. The maximum absolute atomic E-state index is 12.9. The maximum Gasteiger partial charge on any atom is 0.244 e. The second-order valence-electron chi connectivity index (χ2n) is 7.09. The SMILES string of the molecule is COc1cc(N2CCN(C(=O)Cn3nc(C)c4cc(N=O)cnc43)CC2)ccc1I. The largest absolute Gasteiger partial charge is 0.496 e. The number of carbonyl (C=O) groups excluding carboxylic acids is 1. The van der Waals surface area contributed by atoms with E-state index in [4.69, 9.17) is 4.74 Å². The van der Waals surface area contributed by atoms with Crippen molar-refractivity contribution in [1.82, 2.24) is 19.7 Å². The summed E-state index contributed by atoms with van der Waals surface area (Å²) in [5.41, 5.74) is 2.64. The molecule has 9 nitrogen and oxygen atoms in total. The fraction of sp³-hybridized carbons (Fsp3) is 0.350. The number of halogens is 1. The third-order valence-corrected chi connectivity index (χ3v) is 6.17. The Morgan fingerprint density at radius 2 is 2.00 bits per heavy atom. The Bertz CT molecular complexity index is 1110. The Labute approximate surface area is 187 Å². The fourth-order valence-corrected chi connectivity index (χ4v) is 4.20. The van der Waals surface area contributed by atoms with E-state index < -0.39 is 0 Å². The number of piperazine rings is 1. The molecule has 0 atom stereocenters. The molecule has 0 spiro atoms. The highest BCUT2D eigenvalue weighted by Crippen LogP contribution is 2.27. The molecular weight excluding hydrogens is 499 g/mol. The van der Waals surface area contributed by atoms with Crippen molar-refractivity contribution < 1.29 is 9.53 Å². The highest BCUT2D eigenvalue weighted by molar-refractivity contribution is 14.1. The molecule has 0 saturated carbocycles. The molecule has 3 aromatic rings. The van der Waals surface area contributed by atoms with Gasteiger partial charge in [-0.15, -0.1) is 4.91 Å². The average Bonchev–Trinajstić information content (AvgIpc) is 3.08. The van der Waals surface area contributed by atoms with E-state index in [0.717, 1.165) is 33.5 Å². The lowest BCUT2D eigenvalue weighted by atomic mass is 10.2. The monoisotopic (exact) mass is 520 g/mol. The number of anilines is 1. The van der Waals surface area contributed by atoms with Crippen LogP contribution in [0.15, 0.2) is 35.6 Å². The van der Waals surface area contributed by atoms with Gasteiger partial charge in [0.1, 0.15) is 18.0 Å². The first-order valence-electron chi connectivity index (χ1n) is 9.53. The minimum Gasteiger partial charge on any atom is -0.496 e. The Morgan fingerprint density at radius 1 is 1.23 bits per heavy atom. The molecule has 2 aromatic heterocycles. The van der Waals surface area contributed by atoms with E-state index >= 15 is 0 Å². The molecule has 1 aliphatic rings. The van der Waals surface area contributed by atoms with Gasteiger partial charge in [-0.3, -0.25) is 4.79 Å². The van der Waals surface area contributed by atoms with Crippen LogP contribution in [0.4, 0.5) is 11.4 Å². The van der Waals surface area contributed by atoms with Crippen molar-refractivity contribution in [2.75, 3.05) is 38.2 Å². The lowest BCUT2D eigenvalue weighted by molar-refractivity contribution is -0.132. The van der Waals surface area contributed by atoms with E-state index in [0.29, 0.717) is 24.4 Å². The molecule has 30 heavy (non-hydrogen) atoms. The van der Waals surface area contributed by atoms with E-state index in [1.807, 2.05) is 24.0 Å². The van der Waals surface area contributed by atoms with Crippen LogP contribution in [0.2, 0.25) is 0 Å². The molecule has 1 aliphatic heterocycles. The number of hydrogen-bond acceptors (Lipinski definition) is 7. The smallest absolute Gasteiger partial charge is 0.244 e. The lowest BCUT2D eigenvalue weighted by Crippen LogP contribution is -2.49. The number of benzene rings is 1. The summed E-state index contributed by atoms with van der Waals surface area (Å²) in [5.74, 6) is 0.853. The Balaban J connectivity index is 1.43. The Kier molecular flexibility index (Phi) is 5.84. The normalized spacial score (nSPS) is 14.2. The summed E-state index contributed by atoms with van der Waals surface area (Å²) in [4.78, 5) is 32.0. The van der Waals surface area contributed by atoms with Crippen LogP contribution < -0.4 is 9.64 Å². The van der Waals surface area contributed by atoms with Gasteiger partial charge in [-0.1, -0.05) is 0 Å². The number of carbonyl (C=O) groups is 1. The second-order valence-corrected chi connectivity index (χ2v) is 8.25. The van der Waals surface area contributed by atoms with Gasteiger partial charge in [-0.25, -0.2) is 9.67 Å². The summed E-state index contributed by atoms with van der Waals surface area (Å²) >= 11 is 2.25. The average molecular weight is 520 g/mol. The number of pyridine rings is 1. The van der Waals surface area contributed by atoms with E-state index in [-0.39, 0.29) is 18.1 Å². The quantitative estimate of drug-likeness (QED) is 0.379. The molecule has 156 valence electrons. The summed E-state index contributed by atoms with van der Waals surface area (Å²) in [6.07, 6.45) is 1.39. The molecule has 0 bridgehead atoms. The second kappa shape index (κ2) is 8.54. The molecule has 0 aliphatic carbocycles. The summed E-state index contributed by atoms with van der Waals surface area (Å²) < 4.78 is 8.08. The van der Waals surface area contributed by atoms with E-state index in [9.17, 15) is 9.70 Å². The van der Waals surface area contributed by atoms with Gasteiger partial charge in [0.25, 0.3) is 0 Å². The van der Waals surface area contributed by atoms with Crippen molar-refractivity contribution in [3.63, 3.8) is 0 Å². The third-order valence-electron chi connectivity index (χ3n) is 5.28. The predicted octanol–water partition coefficient (Wildman–Crippen LogP) is 3.10. The van der Waals surface area contributed by atoms with Crippen LogP contribution in [0, 0.1) is 15.4 Å². The van der Waals surface area contributed by atoms with Crippen LogP contribution in [0.5, 0.6) is 5.75 Å². The van der Waals surface area contributed by atoms with Gasteiger partial charge in [-0.2, -0.15) is 5.10 Å². The zero-order chi connectivity index (χ0) is 21.3. The summed E-state index contributed by atoms with van der Waals surface area (Å²) in [5, 5.41) is 8.08. The van der Waals surface area contributed by atoms with Gasteiger partial charge in [0.15, 0.2) is 5.65 Å². The topological polar surface area (TPSA) is 92.9 Å². The lowest BCUT2D eigenvalue weighted by Gasteiger charge is -2.36. The van der Waals surface area contributed by atoms with Crippen molar-refractivity contribution >= 4 is 50.9 Å². The molecule has 10 heteroatoms. The van der Waals surface area contributed by atoms with Crippen LogP contribution in [0.25, 0.3) is 11.0 Å². The van der Waals surface area contributed by atoms with Crippen molar-refractivity contribution in [3.8, 4) is 5.75 Å². The van der Waals surface area contributed by atoms with E-state index in [1.165, 1.54) is 6.20 Å². The van der Waals surface area contributed by atoms with Crippen LogP contribution >= 0.6 is 22.6 Å². The highest BCUT2D eigenvalue weighted by atomic mass is 127. The summed E-state index contributed by atoms with van der Waals surface area (Å²) in [6, 6.07) is 7.79. The van der Waals surface area contributed by atoms with Gasteiger partial charge in [0, 0.05) is 43.3 Å². The van der Waals surface area contributed by atoms with Crippen LogP contribution in [0.3, 0.4) is 0 Å². The minimum absolute atomic E-state index is 0.00127. The van der Waals surface area contributed by atoms with Crippen LogP contribution in [-0.4, -0.2) is 58.9 Å². The summed E-state index contributed by atoms with van der Waals surface area (Å²) in [6.45, 7) is 4.72. The number of nitrogens with zero attached hydrogens (tertiary/aromatic N) is 6. The first-order chi connectivity index (χ1) is 14.5. The standard InChI is InChI=1S/C20H21IN6O3/c1-13-16-9-14(24-29)11-22-20(16)27(23-13)12-19(28)26-7-5-25(6-8-26)15-3-4-17(21)18(10-15)30-2/h3-4,9-11H,5-8,12H2,1-2H3. The van der Waals surface area contributed by atoms with Crippen LogP contribution in [0.1, 0.15) is 5.69 Å². The minimum atomic E-state index is -0.00127. The maximum atomic E-state index is 12.9. The number of amides is 1. The molecule has 1 amide bonds. The Morgan fingerprint density at radius 3 is 2.70 bits per heavy atom. The van der Waals surface area contributed by atoms with Gasteiger partial charge in [0.2, 0.25) is 5.91 Å². The Hall–Kier alpha value is -2.76. The van der Waals surface area contributed by atoms with Crippen molar-refractivity contribution in [2.45, 2.75) is 13.5 Å². The number of rotatable bonds is 5. The zero-order valence-corrected chi connectivity index (χ0v) is 18.9. The van der Waals surface area contributed by atoms with Gasteiger partial charge >= 0.3 is 0 Å². The molecule has 4 rings (SSSR count). The van der Waals surface area contributed by atoms with Crippen molar-refractivity contribution in [2.24, 2.45) is 5.18 Å². The third kappa shape index (κ3) is 3.95. The van der Waals surface area contributed by atoms with E-state index in [2.05, 4.69) is 48.8 Å². The number of aryl methyl sites for hydroxylation is 1. The molecule has 0 unspecified atom stereocenters. The molecular formula is C20H21IN6O3. The molecule has 0 radical (unpaired) electrons. The van der Waals surface area contributed by atoms with Crippen molar-refractivity contribution in [3.05, 3.63) is 44.6 Å². The van der Waals surface area contributed by atoms with Gasteiger partial charge in [0.05, 0.1) is 22.6 Å². The zero-order valence-electron chi connectivity index (χ0n) is 16.7. The highest BCUT2D eigenvalue weighted by Gasteiger charge is 2.23. The molecule has 1 fully saturated rings. The molecule has 1 aromatic carbocycles. The first-order valence-corrected chi connectivity index (χ1v) is 10.6. The first kappa shape index (κ1) is 20.5. The number of fused-ring (bicyclic) bond motifs is 1. The van der Waals surface area contributed by atoms with Crippen LogP contribution in [-0.2, 0) is 11.3 Å². The van der Waals surface area contributed by atoms with E-state index in [1.54, 1.807) is 17.9 Å². The van der Waals surface area contributed by atoms with Crippen molar-refractivity contribution in [1.29, 1.82) is 0 Å². The predicted molar refractivity (Wildman–Crippen MR) is 122 cm³/mol. The molecule has 3 heterocycles. The van der Waals surface area contributed by atoms with Gasteiger partial charge < -0.3 is 14.5 Å². The number of hydrogen-bond donors (Lipinski definition) is 0. The molecule has 0 N–H and O–H groups in total. The molecule has 1 saturated heterocycles. The number of aromatic nitrogens is 3.